The molecule has 0 aliphatic heterocycles. The molecule has 0 radical (unpaired) electrons. The van der Waals surface area contributed by atoms with Gasteiger partial charge in [0.1, 0.15) is 0 Å². The molecule has 96 valence electrons. The summed E-state index contributed by atoms with van der Waals surface area (Å²) >= 11 is 0. The van der Waals surface area contributed by atoms with E-state index in [1.807, 2.05) is 0 Å². The molecule has 1 saturated carbocycles. The standard InChI is InChI=1S/C13H27NOS/c1-10-5-6-13(9-11(10)2)14-12(3)7-8-16(4)15/h10-14H,5-9H2,1-4H3. The van der Waals surface area contributed by atoms with E-state index in [1.165, 1.54) is 19.3 Å². The van der Waals surface area contributed by atoms with Gasteiger partial charge in [-0.2, -0.15) is 0 Å². The van der Waals surface area contributed by atoms with Crippen molar-refractivity contribution in [2.24, 2.45) is 11.8 Å². The van der Waals surface area contributed by atoms with E-state index in [4.69, 9.17) is 0 Å². The summed E-state index contributed by atoms with van der Waals surface area (Å²) < 4.78 is 11.0. The van der Waals surface area contributed by atoms with Crippen LogP contribution in [0.5, 0.6) is 0 Å². The Morgan fingerprint density at radius 1 is 1.31 bits per heavy atom. The lowest BCUT2D eigenvalue weighted by Crippen LogP contribution is -2.41. The Hall–Kier alpha value is 0.110. The first-order valence-corrected chi connectivity index (χ1v) is 8.27. The fourth-order valence-electron chi connectivity index (χ4n) is 2.53. The summed E-state index contributed by atoms with van der Waals surface area (Å²) in [5.74, 6) is 2.56. The molecule has 1 aliphatic rings. The van der Waals surface area contributed by atoms with Crippen molar-refractivity contribution in [1.29, 1.82) is 0 Å². The first kappa shape index (κ1) is 14.2. The molecular weight excluding hydrogens is 218 g/mol. The SMILES string of the molecule is CC(CCS(C)=O)NC1CCC(C)C(C)C1. The first-order chi connectivity index (χ1) is 7.49. The maximum Gasteiger partial charge on any atom is 0.0246 e. The summed E-state index contributed by atoms with van der Waals surface area (Å²) in [6, 6.07) is 1.20. The van der Waals surface area contributed by atoms with Crippen molar-refractivity contribution in [3.8, 4) is 0 Å². The molecule has 0 spiro atoms. The highest BCUT2D eigenvalue weighted by atomic mass is 32.2. The van der Waals surface area contributed by atoms with Gasteiger partial charge in [-0.25, -0.2) is 0 Å². The average molecular weight is 245 g/mol. The largest absolute Gasteiger partial charge is 0.311 e. The van der Waals surface area contributed by atoms with Crippen LogP contribution in [0.3, 0.4) is 0 Å². The van der Waals surface area contributed by atoms with Gasteiger partial charge in [0, 0.05) is 34.9 Å². The Kier molecular flexibility index (Phi) is 5.98. The predicted octanol–water partition coefficient (Wildman–Crippen LogP) is 2.56. The van der Waals surface area contributed by atoms with Crippen LogP contribution in [0.2, 0.25) is 0 Å². The van der Waals surface area contributed by atoms with Crippen LogP contribution in [0.25, 0.3) is 0 Å². The number of nitrogens with one attached hydrogen (secondary N) is 1. The molecule has 0 heterocycles. The van der Waals surface area contributed by atoms with Crippen molar-refractivity contribution in [3.05, 3.63) is 0 Å². The van der Waals surface area contributed by atoms with E-state index in [9.17, 15) is 4.21 Å². The fraction of sp³-hybridized carbons (Fsp3) is 1.00. The van der Waals surface area contributed by atoms with Gasteiger partial charge in [0.25, 0.3) is 0 Å². The highest BCUT2D eigenvalue weighted by molar-refractivity contribution is 7.84. The zero-order valence-corrected chi connectivity index (χ0v) is 12.0. The van der Waals surface area contributed by atoms with E-state index in [2.05, 4.69) is 26.1 Å². The first-order valence-electron chi connectivity index (χ1n) is 6.55. The van der Waals surface area contributed by atoms with Crippen LogP contribution in [-0.4, -0.2) is 28.3 Å². The van der Waals surface area contributed by atoms with Crippen molar-refractivity contribution >= 4 is 10.8 Å². The molecule has 16 heavy (non-hydrogen) atoms. The van der Waals surface area contributed by atoms with Gasteiger partial charge in [0.05, 0.1) is 0 Å². The quantitative estimate of drug-likeness (QED) is 0.806. The molecule has 0 aromatic heterocycles. The summed E-state index contributed by atoms with van der Waals surface area (Å²) in [6.07, 6.45) is 6.79. The van der Waals surface area contributed by atoms with Crippen LogP contribution >= 0.6 is 0 Å². The molecule has 1 rings (SSSR count). The monoisotopic (exact) mass is 245 g/mol. The van der Waals surface area contributed by atoms with Crippen molar-refractivity contribution < 1.29 is 4.21 Å². The molecule has 0 aromatic rings. The van der Waals surface area contributed by atoms with Crippen LogP contribution in [-0.2, 0) is 10.8 Å². The highest BCUT2D eigenvalue weighted by Crippen LogP contribution is 2.29. The second-order valence-electron chi connectivity index (χ2n) is 5.60. The Morgan fingerprint density at radius 3 is 2.56 bits per heavy atom. The molecule has 0 amide bonds. The number of hydrogen-bond acceptors (Lipinski definition) is 2. The van der Waals surface area contributed by atoms with Gasteiger partial charge >= 0.3 is 0 Å². The van der Waals surface area contributed by atoms with Gasteiger partial charge < -0.3 is 5.32 Å². The molecular formula is C13H27NOS. The lowest BCUT2D eigenvalue weighted by molar-refractivity contribution is 0.216. The molecule has 3 heteroatoms. The summed E-state index contributed by atoms with van der Waals surface area (Å²) in [4.78, 5) is 0. The molecule has 0 bridgehead atoms. The molecule has 0 saturated heterocycles. The van der Waals surface area contributed by atoms with Crippen molar-refractivity contribution in [2.75, 3.05) is 12.0 Å². The van der Waals surface area contributed by atoms with E-state index < -0.39 is 10.8 Å². The molecule has 0 aromatic carbocycles. The maximum atomic E-state index is 11.0. The zero-order valence-electron chi connectivity index (χ0n) is 11.2. The van der Waals surface area contributed by atoms with Crippen LogP contribution in [0.1, 0.15) is 46.5 Å². The molecule has 5 unspecified atom stereocenters. The number of rotatable bonds is 5. The van der Waals surface area contributed by atoms with E-state index in [0.717, 1.165) is 24.0 Å². The van der Waals surface area contributed by atoms with Crippen LogP contribution < -0.4 is 5.32 Å². The van der Waals surface area contributed by atoms with Crippen LogP contribution in [0.15, 0.2) is 0 Å². The van der Waals surface area contributed by atoms with Gasteiger partial charge in [-0.15, -0.1) is 0 Å². The van der Waals surface area contributed by atoms with Gasteiger partial charge in [-0.1, -0.05) is 13.8 Å². The Balaban J connectivity index is 2.23. The average Bonchev–Trinajstić information content (AvgIpc) is 2.21. The Bertz CT molecular complexity index is 232. The lowest BCUT2D eigenvalue weighted by atomic mass is 9.79. The molecule has 1 N–H and O–H groups in total. The van der Waals surface area contributed by atoms with Gasteiger partial charge in [-0.3, -0.25) is 4.21 Å². The second-order valence-corrected chi connectivity index (χ2v) is 7.15. The predicted molar refractivity (Wildman–Crippen MR) is 72.1 cm³/mol. The Morgan fingerprint density at radius 2 is 2.00 bits per heavy atom. The number of hydrogen-bond donors (Lipinski definition) is 1. The van der Waals surface area contributed by atoms with E-state index in [0.29, 0.717) is 12.1 Å². The van der Waals surface area contributed by atoms with E-state index in [-0.39, 0.29) is 0 Å². The minimum atomic E-state index is -0.645. The molecule has 5 atom stereocenters. The molecule has 1 fully saturated rings. The fourth-order valence-corrected chi connectivity index (χ4v) is 3.21. The minimum absolute atomic E-state index is 0.509. The van der Waals surface area contributed by atoms with Crippen LogP contribution in [0, 0.1) is 11.8 Å². The normalized spacial score (nSPS) is 34.6. The molecule has 1 aliphatic carbocycles. The van der Waals surface area contributed by atoms with Gasteiger partial charge in [0.15, 0.2) is 0 Å². The van der Waals surface area contributed by atoms with Crippen molar-refractivity contribution in [2.45, 2.75) is 58.5 Å². The zero-order chi connectivity index (χ0) is 12.1. The van der Waals surface area contributed by atoms with Crippen molar-refractivity contribution in [3.63, 3.8) is 0 Å². The highest BCUT2D eigenvalue weighted by Gasteiger charge is 2.24. The summed E-state index contributed by atoms with van der Waals surface area (Å²) in [5, 5.41) is 3.69. The van der Waals surface area contributed by atoms with Crippen molar-refractivity contribution in [1.82, 2.24) is 5.32 Å². The summed E-state index contributed by atoms with van der Waals surface area (Å²) in [5.41, 5.74) is 0. The summed E-state index contributed by atoms with van der Waals surface area (Å²) in [7, 11) is -0.645. The van der Waals surface area contributed by atoms with Gasteiger partial charge in [-0.05, 0) is 44.4 Å². The third-order valence-electron chi connectivity index (χ3n) is 3.96. The Labute approximate surface area is 103 Å². The topological polar surface area (TPSA) is 29.1 Å². The molecule has 2 nitrogen and oxygen atoms in total. The minimum Gasteiger partial charge on any atom is -0.311 e. The van der Waals surface area contributed by atoms with Gasteiger partial charge in [0.2, 0.25) is 0 Å². The van der Waals surface area contributed by atoms with E-state index >= 15 is 0 Å². The smallest absolute Gasteiger partial charge is 0.0246 e. The van der Waals surface area contributed by atoms with Crippen LogP contribution in [0.4, 0.5) is 0 Å². The second kappa shape index (κ2) is 6.75. The van der Waals surface area contributed by atoms with E-state index in [1.54, 1.807) is 6.26 Å². The summed E-state index contributed by atoms with van der Waals surface area (Å²) in [6.45, 7) is 6.95. The third-order valence-corrected chi connectivity index (χ3v) is 4.77. The maximum absolute atomic E-state index is 11.0. The third kappa shape index (κ3) is 4.96. The lowest BCUT2D eigenvalue weighted by Gasteiger charge is -2.34.